The van der Waals surface area contributed by atoms with Gasteiger partial charge in [-0.2, -0.15) is 8.42 Å². The van der Waals surface area contributed by atoms with Crippen LogP contribution in [0.5, 0.6) is 0 Å². The fourth-order valence-corrected chi connectivity index (χ4v) is 5.73. The molecule has 1 aliphatic heterocycles. The van der Waals surface area contributed by atoms with Crippen LogP contribution < -0.4 is 5.32 Å². The van der Waals surface area contributed by atoms with Crippen molar-refractivity contribution in [2.24, 2.45) is 11.8 Å². The highest BCUT2D eigenvalue weighted by atomic mass is 32.2. The predicted octanol–water partition coefficient (Wildman–Crippen LogP) is 0.218. The van der Waals surface area contributed by atoms with Crippen molar-refractivity contribution in [1.29, 1.82) is 0 Å². The number of amides is 1. The molecule has 2 saturated carbocycles. The smallest absolute Gasteiger partial charge is 0.270 e. The van der Waals surface area contributed by atoms with Gasteiger partial charge in [0.2, 0.25) is 5.91 Å². The van der Waals surface area contributed by atoms with E-state index in [1.807, 2.05) is 0 Å². The largest absolute Gasteiger partial charge is 0.377 e. The molecule has 3 fully saturated rings. The van der Waals surface area contributed by atoms with E-state index in [-0.39, 0.29) is 35.2 Å². The highest BCUT2D eigenvalue weighted by Crippen LogP contribution is 2.55. The summed E-state index contributed by atoms with van der Waals surface area (Å²) in [5.41, 5.74) is 0.467. The number of ether oxygens (including phenoxy) is 2. The van der Waals surface area contributed by atoms with Gasteiger partial charge in [0.25, 0.3) is 10.1 Å². The van der Waals surface area contributed by atoms with Crippen LogP contribution >= 0.6 is 0 Å². The van der Waals surface area contributed by atoms with Crippen LogP contribution in [-0.4, -0.2) is 58.1 Å². The second-order valence-electron chi connectivity index (χ2n) is 6.47. The number of rotatable bonds is 8. The Balaban J connectivity index is 1.32. The molecule has 3 rings (SSSR count). The van der Waals surface area contributed by atoms with Gasteiger partial charge in [-0.3, -0.25) is 8.98 Å². The zero-order chi connectivity index (χ0) is 16.6. The lowest BCUT2D eigenvalue weighted by molar-refractivity contribution is -0.117. The van der Waals surface area contributed by atoms with Crippen molar-refractivity contribution >= 4 is 16.0 Å². The lowest BCUT2D eigenvalue weighted by Crippen LogP contribution is -2.36. The third-order valence-electron chi connectivity index (χ3n) is 4.87. The average molecular weight is 345 g/mol. The molecule has 130 valence electrons. The number of hydrogen-bond acceptors (Lipinski definition) is 6. The van der Waals surface area contributed by atoms with Gasteiger partial charge in [0.1, 0.15) is 6.10 Å². The Morgan fingerprint density at radius 1 is 1.30 bits per heavy atom. The monoisotopic (exact) mass is 345 g/mol. The Hall–Kier alpha value is -0.960. The summed E-state index contributed by atoms with van der Waals surface area (Å²) < 4.78 is 40.1. The van der Waals surface area contributed by atoms with Gasteiger partial charge in [-0.25, -0.2) is 0 Å². The fourth-order valence-electron chi connectivity index (χ4n) is 3.84. The third kappa shape index (κ3) is 3.31. The molecule has 0 aromatic rings. The van der Waals surface area contributed by atoms with Crippen molar-refractivity contribution in [1.82, 2.24) is 5.32 Å². The number of fused-ring (bicyclic) bond motifs is 1. The van der Waals surface area contributed by atoms with Gasteiger partial charge in [0, 0.05) is 18.0 Å². The normalized spacial score (nSPS) is 36.3. The van der Waals surface area contributed by atoms with Crippen molar-refractivity contribution in [2.75, 3.05) is 26.4 Å². The molecule has 5 unspecified atom stereocenters. The molecule has 8 heteroatoms. The molecule has 1 heterocycles. The van der Waals surface area contributed by atoms with Crippen LogP contribution in [0.3, 0.4) is 0 Å². The van der Waals surface area contributed by atoms with Crippen LogP contribution in [0.15, 0.2) is 12.2 Å². The van der Waals surface area contributed by atoms with Crippen molar-refractivity contribution in [3.05, 3.63) is 12.2 Å². The van der Waals surface area contributed by atoms with E-state index in [0.29, 0.717) is 38.4 Å². The molecule has 1 saturated heterocycles. The van der Waals surface area contributed by atoms with Gasteiger partial charge in [-0.15, -0.1) is 0 Å². The summed E-state index contributed by atoms with van der Waals surface area (Å²) in [5, 5.41) is 2.36. The highest BCUT2D eigenvalue weighted by molar-refractivity contribution is 7.87. The molecule has 1 amide bonds. The number of carbonyl (C=O) groups is 1. The second-order valence-corrected chi connectivity index (χ2v) is 8.25. The summed E-state index contributed by atoms with van der Waals surface area (Å²) in [6.07, 6.45) is 1.09. The topological polar surface area (TPSA) is 90.9 Å². The Morgan fingerprint density at radius 3 is 2.83 bits per heavy atom. The zero-order valence-electron chi connectivity index (χ0n) is 13.2. The molecular formula is C15H23NO6S. The molecule has 7 nitrogen and oxygen atoms in total. The standard InChI is InChI=1S/C15H23NO6S/c1-9(2)15(17)16-3-4-20-5-6-21-13-10-7-11-12(8-10)23(18,19)22-14(11)13/h10-14H,1,3-8H2,2H3,(H,16,17). The molecule has 5 atom stereocenters. The van der Waals surface area contributed by atoms with E-state index in [4.69, 9.17) is 13.7 Å². The molecule has 0 spiro atoms. The van der Waals surface area contributed by atoms with Crippen molar-refractivity contribution in [3.63, 3.8) is 0 Å². The lowest BCUT2D eigenvalue weighted by Gasteiger charge is -2.25. The van der Waals surface area contributed by atoms with E-state index in [1.54, 1.807) is 6.92 Å². The van der Waals surface area contributed by atoms with Crippen molar-refractivity contribution in [3.8, 4) is 0 Å². The molecule has 0 radical (unpaired) electrons. The molecular weight excluding hydrogens is 322 g/mol. The Kier molecular flexibility index (Phi) is 4.78. The number of carbonyl (C=O) groups excluding carboxylic acids is 1. The fraction of sp³-hybridized carbons (Fsp3) is 0.800. The first-order valence-electron chi connectivity index (χ1n) is 7.95. The van der Waals surface area contributed by atoms with E-state index in [0.717, 1.165) is 6.42 Å². The molecule has 23 heavy (non-hydrogen) atoms. The highest BCUT2D eigenvalue weighted by Gasteiger charge is 2.64. The molecule has 2 bridgehead atoms. The lowest BCUT2D eigenvalue weighted by atomic mass is 9.94. The first-order chi connectivity index (χ1) is 10.9. The molecule has 3 aliphatic rings. The van der Waals surface area contributed by atoms with Gasteiger partial charge in [-0.05, 0) is 25.7 Å². The summed E-state index contributed by atoms with van der Waals surface area (Å²) in [7, 11) is -3.38. The minimum atomic E-state index is -3.38. The minimum Gasteiger partial charge on any atom is -0.377 e. The first kappa shape index (κ1) is 16.9. The maximum absolute atomic E-state index is 11.8. The summed E-state index contributed by atoms with van der Waals surface area (Å²) in [4.78, 5) is 11.3. The van der Waals surface area contributed by atoms with E-state index in [1.165, 1.54) is 0 Å². The summed E-state index contributed by atoms with van der Waals surface area (Å²) in [6, 6.07) is 0. The summed E-state index contributed by atoms with van der Waals surface area (Å²) in [5.74, 6) is 0.205. The van der Waals surface area contributed by atoms with Gasteiger partial charge in [0.05, 0.1) is 31.2 Å². The van der Waals surface area contributed by atoms with Crippen molar-refractivity contribution in [2.45, 2.75) is 37.2 Å². The molecule has 0 aromatic heterocycles. The van der Waals surface area contributed by atoms with Gasteiger partial charge in [0.15, 0.2) is 0 Å². The van der Waals surface area contributed by atoms with E-state index < -0.39 is 10.1 Å². The second kappa shape index (κ2) is 6.51. The molecule has 1 N–H and O–H groups in total. The van der Waals surface area contributed by atoms with Crippen LogP contribution in [0.2, 0.25) is 0 Å². The molecule has 2 aliphatic carbocycles. The van der Waals surface area contributed by atoms with E-state index in [2.05, 4.69) is 11.9 Å². The Labute approximate surface area is 136 Å². The van der Waals surface area contributed by atoms with Crippen LogP contribution in [-0.2, 0) is 28.6 Å². The van der Waals surface area contributed by atoms with Crippen LogP contribution in [0.1, 0.15) is 19.8 Å². The van der Waals surface area contributed by atoms with Crippen LogP contribution in [0.25, 0.3) is 0 Å². The van der Waals surface area contributed by atoms with Crippen LogP contribution in [0.4, 0.5) is 0 Å². The van der Waals surface area contributed by atoms with E-state index in [9.17, 15) is 13.2 Å². The predicted molar refractivity (Wildman–Crippen MR) is 82.2 cm³/mol. The maximum Gasteiger partial charge on any atom is 0.270 e. The SMILES string of the molecule is C=C(C)C(=O)NCCOCCOC1C2CC3C1OS(=O)(=O)C3C2. The zero-order valence-corrected chi connectivity index (χ0v) is 14.0. The number of nitrogens with one attached hydrogen (secondary N) is 1. The summed E-state index contributed by atoms with van der Waals surface area (Å²) >= 11 is 0. The van der Waals surface area contributed by atoms with Crippen molar-refractivity contribution < 1.29 is 26.9 Å². The molecule has 0 aromatic carbocycles. The first-order valence-corrected chi connectivity index (χ1v) is 9.42. The third-order valence-corrected chi connectivity index (χ3v) is 6.65. The quantitative estimate of drug-likeness (QED) is 0.384. The minimum absolute atomic E-state index is 0.105. The van der Waals surface area contributed by atoms with Gasteiger partial charge >= 0.3 is 0 Å². The summed E-state index contributed by atoms with van der Waals surface area (Å²) in [6.45, 7) is 6.81. The van der Waals surface area contributed by atoms with Gasteiger partial charge in [-0.1, -0.05) is 6.58 Å². The van der Waals surface area contributed by atoms with Gasteiger partial charge < -0.3 is 14.8 Å². The maximum atomic E-state index is 11.8. The Morgan fingerprint density at radius 2 is 2.09 bits per heavy atom. The Bertz CT molecular complexity index is 589. The number of hydrogen-bond donors (Lipinski definition) is 1. The average Bonchev–Trinajstić information content (AvgIpc) is 3.09. The van der Waals surface area contributed by atoms with Crippen LogP contribution in [0, 0.1) is 11.8 Å². The van der Waals surface area contributed by atoms with E-state index >= 15 is 0 Å².